The van der Waals surface area contributed by atoms with Crippen molar-refractivity contribution in [2.75, 3.05) is 13.1 Å². The van der Waals surface area contributed by atoms with E-state index in [9.17, 15) is 5.11 Å². The first-order valence-electron chi connectivity index (χ1n) is 8.51. The van der Waals surface area contributed by atoms with E-state index in [1.807, 2.05) is 12.1 Å². The van der Waals surface area contributed by atoms with Gasteiger partial charge >= 0.3 is 0 Å². The maximum absolute atomic E-state index is 9.89. The molecule has 0 radical (unpaired) electrons. The standard InChI is InChI=1S/C18H27NO2/c20-17-9-5-8-15-10-11-16(21-18(15)17)13-19-12-14-6-3-1-2-4-7-14/h5,8-9,14,16,19-20H,1-4,6-7,10-13H2. The summed E-state index contributed by atoms with van der Waals surface area (Å²) in [5.41, 5.74) is 1.13. The average molecular weight is 289 g/mol. The van der Waals surface area contributed by atoms with Crippen LogP contribution >= 0.6 is 0 Å². The third-order valence-corrected chi connectivity index (χ3v) is 4.88. The van der Waals surface area contributed by atoms with E-state index < -0.39 is 0 Å². The van der Waals surface area contributed by atoms with Gasteiger partial charge < -0.3 is 15.2 Å². The second-order valence-electron chi connectivity index (χ2n) is 6.56. The molecule has 1 heterocycles. The number of rotatable bonds is 4. The van der Waals surface area contributed by atoms with Crippen LogP contribution in [0.15, 0.2) is 18.2 Å². The molecule has 1 unspecified atom stereocenters. The molecule has 0 spiro atoms. The Morgan fingerprint density at radius 3 is 2.67 bits per heavy atom. The zero-order chi connectivity index (χ0) is 14.5. The summed E-state index contributed by atoms with van der Waals surface area (Å²) in [6.07, 6.45) is 10.6. The molecule has 3 nitrogen and oxygen atoms in total. The first-order valence-corrected chi connectivity index (χ1v) is 8.51. The van der Waals surface area contributed by atoms with Crippen LogP contribution in [0.25, 0.3) is 0 Å². The zero-order valence-corrected chi connectivity index (χ0v) is 12.8. The van der Waals surface area contributed by atoms with Gasteiger partial charge in [0.2, 0.25) is 0 Å². The van der Waals surface area contributed by atoms with Crippen LogP contribution in [0.2, 0.25) is 0 Å². The topological polar surface area (TPSA) is 41.5 Å². The summed E-state index contributed by atoms with van der Waals surface area (Å²) in [7, 11) is 0. The SMILES string of the molecule is Oc1cccc2c1OC(CNCC1CCCCCC1)CC2. The Hall–Kier alpha value is -1.22. The molecule has 0 amide bonds. The fraction of sp³-hybridized carbons (Fsp3) is 0.667. The molecule has 1 aromatic carbocycles. The molecule has 1 aliphatic carbocycles. The van der Waals surface area contributed by atoms with E-state index in [0.29, 0.717) is 5.75 Å². The quantitative estimate of drug-likeness (QED) is 0.831. The highest BCUT2D eigenvalue weighted by molar-refractivity contribution is 5.46. The molecule has 116 valence electrons. The Balaban J connectivity index is 1.45. The molecule has 1 atom stereocenters. The first kappa shape index (κ1) is 14.7. The molecule has 1 fully saturated rings. The summed E-state index contributed by atoms with van der Waals surface area (Å²) in [6, 6.07) is 5.65. The van der Waals surface area contributed by atoms with Gasteiger partial charge in [-0.2, -0.15) is 0 Å². The summed E-state index contributed by atoms with van der Waals surface area (Å²) in [5.74, 6) is 1.82. The lowest BCUT2D eigenvalue weighted by Crippen LogP contribution is -2.36. The minimum atomic E-state index is 0.191. The summed E-state index contributed by atoms with van der Waals surface area (Å²) < 4.78 is 5.96. The molecule has 21 heavy (non-hydrogen) atoms. The summed E-state index contributed by atoms with van der Waals surface area (Å²) in [6.45, 7) is 2.01. The molecule has 0 saturated heterocycles. The van der Waals surface area contributed by atoms with Crippen molar-refractivity contribution >= 4 is 0 Å². The third kappa shape index (κ3) is 3.91. The van der Waals surface area contributed by atoms with Crippen LogP contribution in [0.4, 0.5) is 0 Å². The number of phenolic OH excluding ortho intramolecular Hbond substituents is 1. The smallest absolute Gasteiger partial charge is 0.164 e. The number of benzene rings is 1. The lowest BCUT2D eigenvalue weighted by atomic mass is 9.99. The van der Waals surface area contributed by atoms with Gasteiger partial charge in [-0.05, 0) is 49.8 Å². The number of fused-ring (bicyclic) bond motifs is 1. The van der Waals surface area contributed by atoms with Gasteiger partial charge in [-0.15, -0.1) is 0 Å². The first-order chi connectivity index (χ1) is 10.3. The van der Waals surface area contributed by atoms with E-state index in [1.165, 1.54) is 38.5 Å². The van der Waals surface area contributed by atoms with Gasteiger partial charge in [0.1, 0.15) is 6.10 Å². The van der Waals surface area contributed by atoms with E-state index in [4.69, 9.17) is 4.74 Å². The molecule has 2 aliphatic rings. The van der Waals surface area contributed by atoms with Crippen molar-refractivity contribution in [1.29, 1.82) is 0 Å². The lowest BCUT2D eigenvalue weighted by Gasteiger charge is -2.27. The molecule has 1 aliphatic heterocycles. The number of ether oxygens (including phenoxy) is 1. The van der Waals surface area contributed by atoms with Gasteiger partial charge in [-0.25, -0.2) is 0 Å². The minimum absolute atomic E-state index is 0.191. The molecule has 3 rings (SSSR count). The number of phenols is 1. The number of hydrogen-bond acceptors (Lipinski definition) is 3. The van der Waals surface area contributed by atoms with Crippen LogP contribution in [0.3, 0.4) is 0 Å². The van der Waals surface area contributed by atoms with E-state index in [1.54, 1.807) is 6.07 Å². The fourth-order valence-corrected chi connectivity index (χ4v) is 3.61. The molecule has 2 N–H and O–H groups in total. The van der Waals surface area contributed by atoms with Crippen LogP contribution in [0.1, 0.15) is 50.5 Å². The fourth-order valence-electron chi connectivity index (χ4n) is 3.61. The Kier molecular flexibility index (Phi) is 5.02. The van der Waals surface area contributed by atoms with Gasteiger partial charge in [0.05, 0.1) is 0 Å². The van der Waals surface area contributed by atoms with E-state index in [2.05, 4.69) is 5.32 Å². The highest BCUT2D eigenvalue weighted by atomic mass is 16.5. The van der Waals surface area contributed by atoms with E-state index in [0.717, 1.165) is 37.4 Å². The molecule has 0 bridgehead atoms. The van der Waals surface area contributed by atoms with Crippen LogP contribution in [-0.4, -0.2) is 24.3 Å². The third-order valence-electron chi connectivity index (χ3n) is 4.88. The molecule has 1 saturated carbocycles. The van der Waals surface area contributed by atoms with Crippen molar-refractivity contribution < 1.29 is 9.84 Å². The second-order valence-corrected chi connectivity index (χ2v) is 6.56. The van der Waals surface area contributed by atoms with Crippen molar-refractivity contribution in [2.24, 2.45) is 5.92 Å². The normalized spacial score (nSPS) is 23.1. The van der Waals surface area contributed by atoms with Crippen LogP contribution in [0, 0.1) is 5.92 Å². The average Bonchev–Trinajstić information content (AvgIpc) is 2.77. The minimum Gasteiger partial charge on any atom is -0.504 e. The largest absolute Gasteiger partial charge is 0.504 e. The summed E-state index contributed by atoms with van der Waals surface area (Å²) in [5, 5.41) is 13.5. The van der Waals surface area contributed by atoms with Gasteiger partial charge in [0.15, 0.2) is 11.5 Å². The molecule has 0 aromatic heterocycles. The Labute approximate surface area is 127 Å². The Morgan fingerprint density at radius 1 is 1.05 bits per heavy atom. The summed E-state index contributed by atoms with van der Waals surface area (Å²) >= 11 is 0. The van der Waals surface area contributed by atoms with Crippen LogP contribution in [0.5, 0.6) is 11.5 Å². The van der Waals surface area contributed by atoms with E-state index in [-0.39, 0.29) is 11.9 Å². The number of para-hydroxylation sites is 1. The van der Waals surface area contributed by atoms with Crippen molar-refractivity contribution in [2.45, 2.75) is 57.5 Å². The Morgan fingerprint density at radius 2 is 1.86 bits per heavy atom. The summed E-state index contributed by atoms with van der Waals surface area (Å²) in [4.78, 5) is 0. The monoisotopic (exact) mass is 289 g/mol. The molecule has 3 heteroatoms. The van der Waals surface area contributed by atoms with Gasteiger partial charge in [0, 0.05) is 6.54 Å². The number of hydrogen-bond donors (Lipinski definition) is 2. The molecular weight excluding hydrogens is 262 g/mol. The highest BCUT2D eigenvalue weighted by Gasteiger charge is 2.22. The number of aryl methyl sites for hydroxylation is 1. The molecular formula is C18H27NO2. The van der Waals surface area contributed by atoms with Gasteiger partial charge in [-0.1, -0.05) is 37.8 Å². The lowest BCUT2D eigenvalue weighted by molar-refractivity contribution is 0.162. The van der Waals surface area contributed by atoms with Crippen molar-refractivity contribution in [3.05, 3.63) is 23.8 Å². The second kappa shape index (κ2) is 7.17. The van der Waals surface area contributed by atoms with Gasteiger partial charge in [0.25, 0.3) is 0 Å². The van der Waals surface area contributed by atoms with Crippen molar-refractivity contribution in [3.63, 3.8) is 0 Å². The van der Waals surface area contributed by atoms with Crippen LogP contribution in [-0.2, 0) is 6.42 Å². The number of aromatic hydroxyl groups is 1. The van der Waals surface area contributed by atoms with Crippen LogP contribution < -0.4 is 10.1 Å². The molecule has 1 aromatic rings. The highest BCUT2D eigenvalue weighted by Crippen LogP contribution is 2.35. The number of nitrogens with one attached hydrogen (secondary N) is 1. The van der Waals surface area contributed by atoms with Crippen molar-refractivity contribution in [1.82, 2.24) is 5.32 Å². The Bertz CT molecular complexity index is 453. The maximum atomic E-state index is 9.89. The predicted octanol–water partition coefficient (Wildman–Crippen LogP) is 3.65. The predicted molar refractivity (Wildman–Crippen MR) is 84.9 cm³/mol. The van der Waals surface area contributed by atoms with E-state index >= 15 is 0 Å². The zero-order valence-electron chi connectivity index (χ0n) is 12.8. The van der Waals surface area contributed by atoms with Crippen molar-refractivity contribution in [3.8, 4) is 11.5 Å². The van der Waals surface area contributed by atoms with Gasteiger partial charge in [-0.3, -0.25) is 0 Å². The maximum Gasteiger partial charge on any atom is 0.164 e.